The summed E-state index contributed by atoms with van der Waals surface area (Å²) in [6.45, 7) is 0. The molecule has 0 bridgehead atoms. The van der Waals surface area contributed by atoms with Crippen molar-refractivity contribution in [2.24, 2.45) is 0 Å². The van der Waals surface area contributed by atoms with Crippen LogP contribution in [0.3, 0.4) is 0 Å². The van der Waals surface area contributed by atoms with Gasteiger partial charge in [0.15, 0.2) is 0 Å². The van der Waals surface area contributed by atoms with Crippen molar-refractivity contribution >= 4 is 49.5 Å². The predicted octanol–water partition coefficient (Wildman–Crippen LogP) is 8.84. The predicted molar refractivity (Wildman–Crippen MR) is 144 cm³/mol. The fraction of sp³-hybridized carbons (Fsp3) is 0. The summed E-state index contributed by atoms with van der Waals surface area (Å²) in [7, 11) is 0. The van der Waals surface area contributed by atoms with Gasteiger partial charge in [0.25, 0.3) is 0 Å². The SMILES string of the molecule is c1ccc(N(c2ccc3ccc4cccc5ccc2c3c45)c2cccn2-c2ccccc2)cc1. The highest BCUT2D eigenvalue weighted by Gasteiger charge is 2.20. The molecule has 1 aromatic heterocycles. The first-order valence-corrected chi connectivity index (χ1v) is 11.6. The Kier molecular flexibility index (Phi) is 4.18. The molecule has 0 aliphatic heterocycles. The number of anilines is 3. The monoisotopic (exact) mass is 434 g/mol. The normalized spacial score (nSPS) is 11.5. The number of para-hydroxylation sites is 2. The summed E-state index contributed by atoms with van der Waals surface area (Å²) in [5, 5.41) is 7.76. The molecule has 2 heteroatoms. The van der Waals surface area contributed by atoms with E-state index >= 15 is 0 Å². The highest BCUT2D eigenvalue weighted by molar-refractivity contribution is 6.25. The zero-order valence-electron chi connectivity index (χ0n) is 18.6. The lowest BCUT2D eigenvalue weighted by molar-refractivity contribution is 1.04. The number of hydrogen-bond donors (Lipinski definition) is 0. The molecule has 7 aromatic rings. The van der Waals surface area contributed by atoms with Crippen LogP contribution in [-0.4, -0.2) is 4.57 Å². The molecule has 0 aliphatic carbocycles. The van der Waals surface area contributed by atoms with Crippen LogP contribution in [0.1, 0.15) is 0 Å². The van der Waals surface area contributed by atoms with Crippen molar-refractivity contribution in [1.29, 1.82) is 0 Å². The van der Waals surface area contributed by atoms with Crippen molar-refractivity contribution in [3.8, 4) is 5.69 Å². The van der Waals surface area contributed by atoms with Gasteiger partial charge in [0.05, 0.1) is 5.69 Å². The van der Waals surface area contributed by atoms with Crippen molar-refractivity contribution in [3.63, 3.8) is 0 Å². The first-order chi connectivity index (χ1) is 16.9. The molecule has 0 unspecified atom stereocenters. The van der Waals surface area contributed by atoms with Gasteiger partial charge in [-0.1, -0.05) is 84.9 Å². The van der Waals surface area contributed by atoms with Crippen LogP contribution in [0.15, 0.2) is 134 Å². The molecule has 0 radical (unpaired) electrons. The molecule has 0 atom stereocenters. The van der Waals surface area contributed by atoms with Crippen molar-refractivity contribution < 1.29 is 0 Å². The fourth-order valence-corrected chi connectivity index (χ4v) is 5.25. The summed E-state index contributed by atoms with van der Waals surface area (Å²) in [5.74, 6) is 1.10. The Bertz CT molecular complexity index is 1730. The maximum absolute atomic E-state index is 2.37. The van der Waals surface area contributed by atoms with Crippen LogP contribution >= 0.6 is 0 Å². The number of benzene rings is 6. The van der Waals surface area contributed by atoms with Crippen LogP contribution in [-0.2, 0) is 0 Å². The van der Waals surface area contributed by atoms with Gasteiger partial charge >= 0.3 is 0 Å². The Morgan fingerprint density at radius 1 is 0.471 bits per heavy atom. The molecule has 34 heavy (non-hydrogen) atoms. The third-order valence-electron chi connectivity index (χ3n) is 6.75. The number of nitrogens with zero attached hydrogens (tertiary/aromatic N) is 2. The Balaban J connectivity index is 1.56. The van der Waals surface area contributed by atoms with Crippen LogP contribution in [0.5, 0.6) is 0 Å². The van der Waals surface area contributed by atoms with Gasteiger partial charge in [-0.05, 0) is 69.4 Å². The summed E-state index contributed by atoms with van der Waals surface area (Å²) < 4.78 is 2.25. The molecule has 0 fully saturated rings. The highest BCUT2D eigenvalue weighted by atomic mass is 15.2. The molecule has 160 valence electrons. The zero-order valence-corrected chi connectivity index (χ0v) is 18.6. The summed E-state index contributed by atoms with van der Waals surface area (Å²) in [5.41, 5.74) is 3.45. The van der Waals surface area contributed by atoms with Gasteiger partial charge in [-0.2, -0.15) is 0 Å². The maximum Gasteiger partial charge on any atom is 0.122 e. The van der Waals surface area contributed by atoms with E-state index in [1.807, 2.05) is 0 Å². The van der Waals surface area contributed by atoms with E-state index in [1.165, 1.54) is 38.0 Å². The van der Waals surface area contributed by atoms with E-state index in [-0.39, 0.29) is 0 Å². The minimum Gasteiger partial charge on any atom is -0.303 e. The molecule has 6 aromatic carbocycles. The summed E-state index contributed by atoms with van der Waals surface area (Å²) in [6, 6.07) is 45.6. The molecule has 1 heterocycles. The van der Waals surface area contributed by atoms with Gasteiger partial charge in [0.1, 0.15) is 5.82 Å². The van der Waals surface area contributed by atoms with Crippen molar-refractivity contribution in [2.45, 2.75) is 0 Å². The molecule has 2 nitrogen and oxygen atoms in total. The summed E-state index contributed by atoms with van der Waals surface area (Å²) in [6.07, 6.45) is 2.14. The quantitative estimate of drug-likeness (QED) is 0.251. The molecule has 0 N–H and O–H groups in total. The first kappa shape index (κ1) is 19.0. The van der Waals surface area contributed by atoms with E-state index in [0.29, 0.717) is 0 Å². The van der Waals surface area contributed by atoms with Crippen molar-refractivity contribution in [1.82, 2.24) is 4.57 Å². The Morgan fingerprint density at radius 3 is 1.88 bits per heavy atom. The topological polar surface area (TPSA) is 8.17 Å². The van der Waals surface area contributed by atoms with Crippen LogP contribution < -0.4 is 4.90 Å². The van der Waals surface area contributed by atoms with Crippen molar-refractivity contribution in [3.05, 3.63) is 134 Å². The minimum atomic E-state index is 1.10. The van der Waals surface area contributed by atoms with E-state index in [2.05, 4.69) is 143 Å². The Hall–Kier alpha value is -4.56. The van der Waals surface area contributed by atoms with Gasteiger partial charge in [-0.25, -0.2) is 0 Å². The van der Waals surface area contributed by atoms with Gasteiger partial charge < -0.3 is 4.57 Å². The summed E-state index contributed by atoms with van der Waals surface area (Å²) in [4.78, 5) is 2.37. The fourth-order valence-electron chi connectivity index (χ4n) is 5.25. The standard InChI is InChI=1S/C32H22N2/c1-3-11-26(12-4-1)33-22-8-15-30(33)34(27-13-5-2-6-14-27)29-21-19-25-17-16-23-9-7-10-24-18-20-28(29)32(25)31(23)24/h1-22H. The lowest BCUT2D eigenvalue weighted by Gasteiger charge is -2.28. The molecule has 7 rings (SSSR count). The molecule has 0 spiro atoms. The number of aromatic nitrogens is 1. The average molecular weight is 435 g/mol. The first-order valence-electron chi connectivity index (χ1n) is 11.6. The molecule has 0 aliphatic rings. The van der Waals surface area contributed by atoms with E-state index in [4.69, 9.17) is 0 Å². The summed E-state index contributed by atoms with van der Waals surface area (Å²) >= 11 is 0. The number of hydrogen-bond acceptors (Lipinski definition) is 1. The Morgan fingerprint density at radius 2 is 1.12 bits per heavy atom. The second-order valence-corrected chi connectivity index (χ2v) is 8.68. The second kappa shape index (κ2) is 7.50. The van der Waals surface area contributed by atoms with E-state index in [9.17, 15) is 0 Å². The number of rotatable bonds is 4. The van der Waals surface area contributed by atoms with Crippen LogP contribution in [0.25, 0.3) is 38.0 Å². The smallest absolute Gasteiger partial charge is 0.122 e. The molecule has 0 amide bonds. The Labute approximate surface area is 198 Å². The van der Waals surface area contributed by atoms with E-state index < -0.39 is 0 Å². The highest BCUT2D eigenvalue weighted by Crippen LogP contribution is 2.44. The molecule has 0 saturated carbocycles. The zero-order chi connectivity index (χ0) is 22.5. The lowest BCUT2D eigenvalue weighted by Crippen LogP contribution is -2.14. The van der Waals surface area contributed by atoms with Gasteiger partial charge in [0.2, 0.25) is 0 Å². The van der Waals surface area contributed by atoms with Crippen molar-refractivity contribution in [2.75, 3.05) is 4.90 Å². The average Bonchev–Trinajstić information content (AvgIpc) is 3.39. The largest absolute Gasteiger partial charge is 0.303 e. The van der Waals surface area contributed by atoms with E-state index in [1.54, 1.807) is 0 Å². The second-order valence-electron chi connectivity index (χ2n) is 8.68. The third-order valence-corrected chi connectivity index (χ3v) is 6.75. The van der Waals surface area contributed by atoms with Crippen LogP contribution in [0.4, 0.5) is 17.2 Å². The molecular formula is C32H22N2. The third kappa shape index (κ3) is 2.82. The van der Waals surface area contributed by atoms with Gasteiger partial charge in [0, 0.05) is 23.0 Å². The van der Waals surface area contributed by atoms with Crippen LogP contribution in [0.2, 0.25) is 0 Å². The molecular weight excluding hydrogens is 412 g/mol. The molecule has 0 saturated heterocycles. The van der Waals surface area contributed by atoms with Gasteiger partial charge in [-0.3, -0.25) is 4.90 Å². The van der Waals surface area contributed by atoms with Crippen LogP contribution in [0, 0.1) is 0 Å². The van der Waals surface area contributed by atoms with E-state index in [0.717, 1.165) is 17.2 Å². The maximum atomic E-state index is 2.37. The van der Waals surface area contributed by atoms with Gasteiger partial charge in [-0.15, -0.1) is 0 Å². The minimum absolute atomic E-state index is 1.10. The lowest BCUT2D eigenvalue weighted by atomic mass is 9.93.